The van der Waals surface area contributed by atoms with Crippen molar-refractivity contribution in [3.63, 3.8) is 0 Å². The minimum Gasteiger partial charge on any atom is -0.497 e. The molecule has 2 amide bonds. The van der Waals surface area contributed by atoms with Gasteiger partial charge in [-0.25, -0.2) is 9.56 Å². The summed E-state index contributed by atoms with van der Waals surface area (Å²) < 4.78 is 38.3. The quantitative estimate of drug-likeness (QED) is 0.0283. The molecule has 2 heterocycles. The molecule has 2 N–H and O–H groups in total. The van der Waals surface area contributed by atoms with Crippen LogP contribution < -0.4 is 25.3 Å². The van der Waals surface area contributed by atoms with Gasteiger partial charge in [0.05, 0.1) is 83.7 Å². The molecule has 0 saturated heterocycles. The van der Waals surface area contributed by atoms with Gasteiger partial charge in [0.2, 0.25) is 17.2 Å². The molecule has 4 aromatic carbocycles. The lowest BCUT2D eigenvalue weighted by Crippen LogP contribution is -2.29. The summed E-state index contributed by atoms with van der Waals surface area (Å²) in [5.41, 5.74) is 5.69. The second-order valence-electron chi connectivity index (χ2n) is 15.5. The predicted octanol–water partition coefficient (Wildman–Crippen LogP) is 7.66. The number of hydrogen-bond acceptors (Lipinski definition) is 10. The van der Waals surface area contributed by atoms with Crippen LogP contribution in [0.2, 0.25) is 5.02 Å². The Morgan fingerprint density at radius 3 is 2.12 bits per heavy atom. The molecule has 5 aromatic rings. The average Bonchev–Trinajstić information content (AvgIpc) is 3.61. The van der Waals surface area contributed by atoms with Gasteiger partial charge in [-0.3, -0.25) is 19.0 Å². The molecule has 0 spiro atoms. The van der Waals surface area contributed by atoms with Crippen LogP contribution in [0.4, 0.5) is 5.69 Å². The summed E-state index contributed by atoms with van der Waals surface area (Å²) in [5.74, 6) is 0.887. The van der Waals surface area contributed by atoms with Crippen LogP contribution in [0.3, 0.4) is 0 Å². The highest BCUT2D eigenvalue weighted by Gasteiger charge is 2.22. The summed E-state index contributed by atoms with van der Waals surface area (Å²) in [7, 11) is 1.60. The molecule has 0 bridgehead atoms. The molecule has 15 heteroatoms. The molecule has 66 heavy (non-hydrogen) atoms. The Morgan fingerprint density at radius 1 is 0.742 bits per heavy atom. The van der Waals surface area contributed by atoms with Crippen molar-refractivity contribution < 1.29 is 42.5 Å². The van der Waals surface area contributed by atoms with Crippen molar-refractivity contribution in [2.75, 3.05) is 84.9 Å². The number of anilines is 1. The Balaban J connectivity index is 0.750. The Labute approximate surface area is 388 Å². The number of carbonyl (C=O) groups excluding carboxylic acids is 3. The lowest BCUT2D eigenvalue weighted by molar-refractivity contribution is -0.121. The SMILES string of the molecule is CC[N+](CC)=c1ccc2nc3c(cc(NC(=O)CCOCCOCCOCCOCCNC(=O)CCc4c(C)n(C(=O)c5ccc(Cl)cc5)c5ccc(OC)cc45)c4ccccc43)oc-2c1. The van der Waals surface area contributed by atoms with Crippen LogP contribution in [-0.2, 0) is 35.0 Å². The number of fused-ring (bicyclic) bond motifs is 5. The van der Waals surface area contributed by atoms with Crippen LogP contribution in [0.25, 0.3) is 44.2 Å². The largest absolute Gasteiger partial charge is 0.497 e. The number of nitrogens with one attached hydrogen (secondary N) is 2. The number of aromatic nitrogens is 2. The number of amides is 2. The third-order valence-corrected chi connectivity index (χ3v) is 11.6. The molecule has 2 aliphatic rings. The third-order valence-electron chi connectivity index (χ3n) is 11.4. The van der Waals surface area contributed by atoms with Crippen LogP contribution in [-0.4, -0.2) is 107 Å². The maximum Gasteiger partial charge on any atom is 0.262 e. The van der Waals surface area contributed by atoms with E-state index in [9.17, 15) is 14.4 Å². The standard InChI is InChI=1S/C51H56ClN5O9/c1-5-56(6-2)37-15-18-43-46(31-37)66-47-33-44(40-9-7-8-10-41(40)50(47)55-43)54-49(59)21-23-62-25-27-64-29-30-65-28-26-63-24-22-53-48(58)20-17-39-34(3)57(45-19-16-38(61-4)32-42(39)45)51(60)35-11-13-36(52)14-12-35/h7-16,18-19,31-33H,5-6,17,20-30H2,1-4H3,(H,53,58)/p+1. The summed E-state index contributed by atoms with van der Waals surface area (Å²) in [6.07, 6.45) is 0.863. The molecule has 7 rings (SSSR count). The Kier molecular flexibility index (Phi) is 16.9. The van der Waals surface area contributed by atoms with Crippen LogP contribution in [0.5, 0.6) is 5.75 Å². The molecule has 0 saturated carbocycles. The van der Waals surface area contributed by atoms with E-state index >= 15 is 0 Å². The summed E-state index contributed by atoms with van der Waals surface area (Å²) in [6, 6.07) is 28.1. The number of aryl methyl sites for hydroxylation is 1. The molecule has 14 nitrogen and oxygen atoms in total. The number of methoxy groups -OCH3 is 1. The van der Waals surface area contributed by atoms with E-state index < -0.39 is 0 Å². The zero-order valence-corrected chi connectivity index (χ0v) is 38.7. The molecule has 1 aliphatic carbocycles. The molecule has 346 valence electrons. The van der Waals surface area contributed by atoms with E-state index in [1.54, 1.807) is 35.9 Å². The third kappa shape index (κ3) is 11.8. The maximum atomic E-state index is 13.6. The van der Waals surface area contributed by atoms with Gasteiger partial charge >= 0.3 is 0 Å². The van der Waals surface area contributed by atoms with Gasteiger partial charge in [0.15, 0.2) is 11.3 Å². The predicted molar refractivity (Wildman–Crippen MR) is 257 cm³/mol. The molecular weight excluding hydrogens is 862 g/mol. The van der Waals surface area contributed by atoms with E-state index in [4.69, 9.17) is 44.7 Å². The lowest BCUT2D eigenvalue weighted by atomic mass is 10.1. The number of carbonyl (C=O) groups is 3. The molecular formula is C51H57ClN5O9+. The average molecular weight is 919 g/mol. The van der Waals surface area contributed by atoms with Crippen LogP contribution in [0.1, 0.15) is 48.3 Å². The van der Waals surface area contributed by atoms with E-state index in [2.05, 4.69) is 35.1 Å². The second kappa shape index (κ2) is 23.3. The van der Waals surface area contributed by atoms with Gasteiger partial charge in [-0.2, -0.15) is 0 Å². The van der Waals surface area contributed by atoms with Gasteiger partial charge in [-0.05, 0) is 81.3 Å². The minimum atomic E-state index is -0.175. The number of nitrogens with zero attached hydrogens (tertiary/aromatic N) is 3. The van der Waals surface area contributed by atoms with E-state index in [0.717, 1.165) is 62.6 Å². The van der Waals surface area contributed by atoms with Gasteiger partial charge in [-0.15, -0.1) is 0 Å². The first-order chi connectivity index (χ1) is 32.2. The van der Waals surface area contributed by atoms with Gasteiger partial charge < -0.3 is 38.7 Å². The Hall–Kier alpha value is -6.16. The first-order valence-electron chi connectivity index (χ1n) is 22.4. The fourth-order valence-corrected chi connectivity index (χ4v) is 8.08. The van der Waals surface area contributed by atoms with Gasteiger partial charge in [0, 0.05) is 57.5 Å². The zero-order valence-electron chi connectivity index (χ0n) is 38.0. The summed E-state index contributed by atoms with van der Waals surface area (Å²) in [6.45, 7) is 11.1. The summed E-state index contributed by atoms with van der Waals surface area (Å²) >= 11 is 6.05. The molecule has 0 unspecified atom stereocenters. The smallest absolute Gasteiger partial charge is 0.262 e. The summed E-state index contributed by atoms with van der Waals surface area (Å²) in [4.78, 5) is 44.3. The highest BCUT2D eigenvalue weighted by atomic mass is 35.5. The number of halogens is 1. The fourth-order valence-electron chi connectivity index (χ4n) is 7.95. The van der Waals surface area contributed by atoms with Crippen molar-refractivity contribution in [2.45, 2.75) is 40.0 Å². The Bertz CT molecular complexity index is 2830. The molecule has 1 aromatic heterocycles. The monoisotopic (exact) mass is 918 g/mol. The maximum absolute atomic E-state index is 13.6. The van der Waals surface area contributed by atoms with E-state index in [0.29, 0.717) is 92.6 Å². The van der Waals surface area contributed by atoms with Crippen LogP contribution in [0.15, 0.2) is 95.4 Å². The minimum absolute atomic E-state index is 0.116. The number of benzene rings is 5. The number of hydrogen-bond donors (Lipinski definition) is 2. The van der Waals surface area contributed by atoms with Crippen molar-refractivity contribution in [3.05, 3.63) is 118 Å². The highest BCUT2D eigenvalue weighted by molar-refractivity contribution is 6.30. The second-order valence-corrected chi connectivity index (χ2v) is 16.0. The van der Waals surface area contributed by atoms with E-state index in [1.807, 2.05) is 67.6 Å². The van der Waals surface area contributed by atoms with Gasteiger partial charge in [0.25, 0.3) is 5.91 Å². The number of ether oxygens (including phenoxy) is 5. The molecule has 1 aliphatic heterocycles. The summed E-state index contributed by atoms with van der Waals surface area (Å²) in [5, 5.41) is 10.2. The fraction of sp³-hybridized carbons (Fsp3) is 0.353. The molecule has 0 fully saturated rings. The van der Waals surface area contributed by atoms with Crippen molar-refractivity contribution in [3.8, 4) is 17.2 Å². The van der Waals surface area contributed by atoms with Crippen LogP contribution >= 0.6 is 11.6 Å². The van der Waals surface area contributed by atoms with Crippen molar-refractivity contribution >= 4 is 67.8 Å². The van der Waals surface area contributed by atoms with Crippen molar-refractivity contribution in [2.24, 2.45) is 0 Å². The topological polar surface area (TPSA) is 155 Å². The molecule has 0 radical (unpaired) electrons. The van der Waals surface area contributed by atoms with Gasteiger partial charge in [-0.1, -0.05) is 35.9 Å². The van der Waals surface area contributed by atoms with Crippen molar-refractivity contribution in [1.82, 2.24) is 19.4 Å². The lowest BCUT2D eigenvalue weighted by Gasteiger charge is -2.13. The van der Waals surface area contributed by atoms with Crippen LogP contribution in [0, 0.1) is 6.92 Å². The Morgan fingerprint density at radius 2 is 1.42 bits per heavy atom. The first-order valence-corrected chi connectivity index (χ1v) is 22.8. The zero-order chi connectivity index (χ0) is 46.4. The van der Waals surface area contributed by atoms with Crippen molar-refractivity contribution in [1.29, 1.82) is 0 Å². The molecule has 0 atom stereocenters. The van der Waals surface area contributed by atoms with Gasteiger partial charge in [0.1, 0.15) is 30.0 Å². The number of rotatable bonds is 23. The normalized spacial score (nSPS) is 11.5. The highest BCUT2D eigenvalue weighted by Crippen LogP contribution is 2.35. The van der Waals surface area contributed by atoms with E-state index in [1.165, 1.54) is 0 Å². The first kappa shape index (κ1) is 47.8. The van der Waals surface area contributed by atoms with E-state index in [-0.39, 0.29) is 37.2 Å².